The molecule has 126 valence electrons. The SMILES string of the molecule is O=C(Cc1ccccc1)Nc1nc(C(=O)NCc2ccncc2)cs1. The van der Waals surface area contributed by atoms with Crippen molar-refractivity contribution in [2.45, 2.75) is 13.0 Å². The molecule has 0 aliphatic heterocycles. The molecule has 3 aromatic rings. The normalized spacial score (nSPS) is 10.2. The van der Waals surface area contributed by atoms with Gasteiger partial charge in [0.05, 0.1) is 6.42 Å². The number of pyridine rings is 1. The van der Waals surface area contributed by atoms with Gasteiger partial charge in [-0.05, 0) is 23.3 Å². The van der Waals surface area contributed by atoms with Gasteiger partial charge in [-0.25, -0.2) is 4.98 Å². The molecule has 0 unspecified atom stereocenters. The molecule has 7 heteroatoms. The van der Waals surface area contributed by atoms with Gasteiger partial charge in [-0.1, -0.05) is 30.3 Å². The van der Waals surface area contributed by atoms with Gasteiger partial charge in [0.2, 0.25) is 5.91 Å². The Kier molecular flexibility index (Phi) is 5.48. The van der Waals surface area contributed by atoms with Gasteiger partial charge in [0.25, 0.3) is 5.91 Å². The first-order valence-electron chi connectivity index (χ1n) is 7.67. The minimum absolute atomic E-state index is 0.163. The highest BCUT2D eigenvalue weighted by Crippen LogP contribution is 2.16. The Labute approximate surface area is 149 Å². The molecule has 25 heavy (non-hydrogen) atoms. The lowest BCUT2D eigenvalue weighted by atomic mass is 10.1. The van der Waals surface area contributed by atoms with Crippen LogP contribution in [0.5, 0.6) is 0 Å². The molecule has 3 rings (SSSR count). The molecule has 2 aromatic heterocycles. The van der Waals surface area contributed by atoms with E-state index in [-0.39, 0.29) is 23.9 Å². The average Bonchev–Trinajstić information content (AvgIpc) is 3.10. The number of carbonyl (C=O) groups excluding carboxylic acids is 2. The van der Waals surface area contributed by atoms with Crippen molar-refractivity contribution < 1.29 is 9.59 Å². The Morgan fingerprint density at radius 3 is 2.52 bits per heavy atom. The first-order chi connectivity index (χ1) is 12.2. The lowest BCUT2D eigenvalue weighted by Crippen LogP contribution is -2.23. The highest BCUT2D eigenvalue weighted by atomic mass is 32.1. The van der Waals surface area contributed by atoms with Gasteiger partial charge in [0.15, 0.2) is 5.13 Å². The summed E-state index contributed by atoms with van der Waals surface area (Å²) >= 11 is 1.22. The molecule has 0 radical (unpaired) electrons. The van der Waals surface area contributed by atoms with Gasteiger partial charge < -0.3 is 10.6 Å². The van der Waals surface area contributed by atoms with Crippen molar-refractivity contribution >= 4 is 28.3 Å². The molecular weight excluding hydrogens is 336 g/mol. The number of benzene rings is 1. The predicted octanol–water partition coefficient (Wildman–Crippen LogP) is 2.65. The number of nitrogens with zero attached hydrogens (tertiary/aromatic N) is 2. The molecular formula is C18H16N4O2S. The first kappa shape index (κ1) is 16.8. The van der Waals surface area contributed by atoms with Crippen LogP contribution in [-0.4, -0.2) is 21.8 Å². The molecule has 2 N–H and O–H groups in total. The third-order valence-electron chi connectivity index (χ3n) is 3.39. The van der Waals surface area contributed by atoms with Gasteiger partial charge in [-0.3, -0.25) is 14.6 Å². The van der Waals surface area contributed by atoms with Crippen molar-refractivity contribution in [2.75, 3.05) is 5.32 Å². The Morgan fingerprint density at radius 1 is 1.00 bits per heavy atom. The highest BCUT2D eigenvalue weighted by molar-refractivity contribution is 7.14. The topological polar surface area (TPSA) is 84.0 Å². The maximum absolute atomic E-state index is 12.1. The van der Waals surface area contributed by atoms with Crippen LogP contribution in [0.3, 0.4) is 0 Å². The Bertz CT molecular complexity index is 850. The molecule has 0 bridgehead atoms. The zero-order chi connectivity index (χ0) is 17.5. The number of anilines is 1. The van der Waals surface area contributed by atoms with Crippen LogP contribution in [0, 0.1) is 0 Å². The molecule has 0 saturated heterocycles. The van der Waals surface area contributed by atoms with Gasteiger partial charge in [-0.2, -0.15) is 0 Å². The number of carbonyl (C=O) groups is 2. The molecule has 0 spiro atoms. The minimum atomic E-state index is -0.281. The summed E-state index contributed by atoms with van der Waals surface area (Å²) in [6.07, 6.45) is 3.61. The van der Waals surface area contributed by atoms with Crippen LogP contribution in [0.4, 0.5) is 5.13 Å². The lowest BCUT2D eigenvalue weighted by molar-refractivity contribution is -0.115. The van der Waals surface area contributed by atoms with Gasteiger partial charge in [-0.15, -0.1) is 11.3 Å². The number of aromatic nitrogens is 2. The van der Waals surface area contributed by atoms with E-state index in [1.54, 1.807) is 17.8 Å². The summed E-state index contributed by atoms with van der Waals surface area (Å²) in [5, 5.41) is 7.54. The van der Waals surface area contributed by atoms with Crippen molar-refractivity contribution in [3.05, 3.63) is 77.1 Å². The number of amides is 2. The molecule has 0 fully saturated rings. The van der Waals surface area contributed by atoms with Crippen LogP contribution in [0.25, 0.3) is 0 Å². The largest absolute Gasteiger partial charge is 0.347 e. The number of thiazole rings is 1. The maximum Gasteiger partial charge on any atom is 0.271 e. The first-order valence-corrected chi connectivity index (χ1v) is 8.55. The minimum Gasteiger partial charge on any atom is -0.347 e. The maximum atomic E-state index is 12.1. The lowest BCUT2D eigenvalue weighted by Gasteiger charge is -2.03. The molecule has 0 saturated carbocycles. The van der Waals surface area contributed by atoms with E-state index in [0.29, 0.717) is 11.7 Å². The van der Waals surface area contributed by atoms with Crippen LogP contribution in [-0.2, 0) is 17.8 Å². The number of hydrogen-bond donors (Lipinski definition) is 2. The standard InChI is InChI=1S/C18H16N4O2S/c23-16(10-13-4-2-1-3-5-13)22-18-21-15(12-25-18)17(24)20-11-14-6-8-19-9-7-14/h1-9,12H,10-11H2,(H,20,24)(H,21,22,23). The van der Waals surface area contributed by atoms with Crippen molar-refractivity contribution in [1.29, 1.82) is 0 Å². The second-order valence-corrected chi connectivity index (χ2v) is 6.14. The zero-order valence-electron chi connectivity index (χ0n) is 13.3. The van der Waals surface area contributed by atoms with E-state index >= 15 is 0 Å². The number of nitrogens with one attached hydrogen (secondary N) is 2. The van der Waals surface area contributed by atoms with Gasteiger partial charge in [0.1, 0.15) is 5.69 Å². The third kappa shape index (κ3) is 4.95. The molecule has 0 aliphatic carbocycles. The molecule has 1 aromatic carbocycles. The number of hydrogen-bond acceptors (Lipinski definition) is 5. The quantitative estimate of drug-likeness (QED) is 0.714. The third-order valence-corrected chi connectivity index (χ3v) is 4.15. The van der Waals surface area contributed by atoms with Gasteiger partial charge in [0, 0.05) is 24.3 Å². The average molecular weight is 352 g/mol. The zero-order valence-corrected chi connectivity index (χ0v) is 14.1. The smallest absolute Gasteiger partial charge is 0.271 e. The second-order valence-electron chi connectivity index (χ2n) is 5.29. The van der Waals surface area contributed by atoms with Crippen molar-refractivity contribution in [1.82, 2.24) is 15.3 Å². The van der Waals surface area contributed by atoms with Crippen LogP contribution < -0.4 is 10.6 Å². The van der Waals surface area contributed by atoms with E-state index in [0.717, 1.165) is 11.1 Å². The van der Waals surface area contributed by atoms with Crippen molar-refractivity contribution in [3.63, 3.8) is 0 Å². The van der Waals surface area contributed by atoms with Gasteiger partial charge >= 0.3 is 0 Å². The van der Waals surface area contributed by atoms with Crippen molar-refractivity contribution in [3.8, 4) is 0 Å². The van der Waals surface area contributed by atoms with E-state index in [4.69, 9.17) is 0 Å². The number of rotatable bonds is 6. The molecule has 0 atom stereocenters. The van der Waals surface area contributed by atoms with Crippen LogP contribution in [0.2, 0.25) is 0 Å². The summed E-state index contributed by atoms with van der Waals surface area (Å²) in [4.78, 5) is 32.2. The summed E-state index contributed by atoms with van der Waals surface area (Å²) in [5.74, 6) is -0.444. The Balaban J connectivity index is 1.53. The van der Waals surface area contributed by atoms with E-state index < -0.39 is 0 Å². The summed E-state index contributed by atoms with van der Waals surface area (Å²) in [6, 6.07) is 13.1. The van der Waals surface area contributed by atoms with E-state index in [2.05, 4.69) is 20.6 Å². The fourth-order valence-corrected chi connectivity index (χ4v) is 2.86. The van der Waals surface area contributed by atoms with Crippen LogP contribution in [0.15, 0.2) is 60.2 Å². The molecule has 0 aliphatic rings. The summed E-state index contributed by atoms with van der Waals surface area (Å²) in [6.45, 7) is 0.397. The highest BCUT2D eigenvalue weighted by Gasteiger charge is 2.12. The monoisotopic (exact) mass is 352 g/mol. The fraction of sp³-hybridized carbons (Fsp3) is 0.111. The summed E-state index contributed by atoms with van der Waals surface area (Å²) < 4.78 is 0. The van der Waals surface area contributed by atoms with Crippen LogP contribution >= 0.6 is 11.3 Å². The van der Waals surface area contributed by atoms with Crippen molar-refractivity contribution in [2.24, 2.45) is 0 Å². The molecule has 6 nitrogen and oxygen atoms in total. The van der Waals surface area contributed by atoms with E-state index in [1.165, 1.54) is 11.3 Å². The fourth-order valence-electron chi connectivity index (χ4n) is 2.15. The van der Waals surface area contributed by atoms with E-state index in [1.807, 2.05) is 42.5 Å². The molecule has 2 heterocycles. The van der Waals surface area contributed by atoms with Crippen LogP contribution in [0.1, 0.15) is 21.6 Å². The Hall–Kier alpha value is -3.06. The predicted molar refractivity (Wildman–Crippen MR) is 96.3 cm³/mol. The second kappa shape index (κ2) is 8.16. The summed E-state index contributed by atoms with van der Waals surface area (Å²) in [7, 11) is 0. The molecule has 2 amide bonds. The van der Waals surface area contributed by atoms with E-state index in [9.17, 15) is 9.59 Å². The Morgan fingerprint density at radius 2 is 1.76 bits per heavy atom. The summed E-state index contributed by atoms with van der Waals surface area (Å²) in [5.41, 5.74) is 2.16.